The Hall–Kier alpha value is -1.52. The molecule has 0 saturated carbocycles. The first kappa shape index (κ1) is 14.4. The standard InChI is InChI=1S/C17H17BrO3/c18-14-4-1-3-12(9-14)10-15(19)13-5-6-16-17(11-13)21-8-2-7-20-16/h1,3-6,9,11,15,19H,2,7-8,10H2. The van der Waals surface area contributed by atoms with Gasteiger partial charge in [0.1, 0.15) is 0 Å². The van der Waals surface area contributed by atoms with Crippen LogP contribution in [0.25, 0.3) is 0 Å². The van der Waals surface area contributed by atoms with E-state index in [0.29, 0.717) is 19.6 Å². The molecule has 0 amide bonds. The molecule has 0 aliphatic carbocycles. The van der Waals surface area contributed by atoms with Gasteiger partial charge < -0.3 is 14.6 Å². The Morgan fingerprint density at radius 2 is 1.86 bits per heavy atom. The van der Waals surface area contributed by atoms with E-state index in [1.807, 2.05) is 42.5 Å². The van der Waals surface area contributed by atoms with E-state index in [0.717, 1.165) is 33.5 Å². The summed E-state index contributed by atoms with van der Waals surface area (Å²) in [4.78, 5) is 0. The van der Waals surface area contributed by atoms with Gasteiger partial charge in [0, 0.05) is 17.3 Å². The molecule has 1 aliphatic heterocycles. The molecular formula is C17H17BrO3. The molecule has 110 valence electrons. The first-order chi connectivity index (χ1) is 10.2. The van der Waals surface area contributed by atoms with Crippen molar-refractivity contribution < 1.29 is 14.6 Å². The highest BCUT2D eigenvalue weighted by Gasteiger charge is 2.15. The largest absolute Gasteiger partial charge is 0.490 e. The number of hydrogen-bond donors (Lipinski definition) is 1. The van der Waals surface area contributed by atoms with Crippen LogP contribution >= 0.6 is 15.9 Å². The molecule has 1 heterocycles. The van der Waals surface area contributed by atoms with E-state index in [9.17, 15) is 5.11 Å². The number of halogens is 1. The van der Waals surface area contributed by atoms with Crippen molar-refractivity contribution >= 4 is 15.9 Å². The Morgan fingerprint density at radius 3 is 2.67 bits per heavy atom. The molecule has 1 unspecified atom stereocenters. The quantitative estimate of drug-likeness (QED) is 0.914. The maximum Gasteiger partial charge on any atom is 0.161 e. The third kappa shape index (κ3) is 3.57. The fraction of sp³-hybridized carbons (Fsp3) is 0.294. The van der Waals surface area contributed by atoms with Crippen LogP contribution in [0.5, 0.6) is 11.5 Å². The average molecular weight is 349 g/mol. The first-order valence-electron chi connectivity index (χ1n) is 7.04. The topological polar surface area (TPSA) is 38.7 Å². The van der Waals surface area contributed by atoms with E-state index in [1.165, 1.54) is 0 Å². The number of hydrogen-bond acceptors (Lipinski definition) is 3. The summed E-state index contributed by atoms with van der Waals surface area (Å²) in [6.45, 7) is 1.32. The smallest absolute Gasteiger partial charge is 0.161 e. The van der Waals surface area contributed by atoms with Gasteiger partial charge in [-0.2, -0.15) is 0 Å². The van der Waals surface area contributed by atoms with Crippen LogP contribution in [0.4, 0.5) is 0 Å². The molecule has 1 N–H and O–H groups in total. The predicted octanol–water partition coefficient (Wildman–Crippen LogP) is 3.89. The average Bonchev–Trinajstić information content (AvgIpc) is 2.71. The monoisotopic (exact) mass is 348 g/mol. The number of fused-ring (bicyclic) bond motifs is 1. The van der Waals surface area contributed by atoms with Crippen molar-refractivity contribution in [3.8, 4) is 11.5 Å². The van der Waals surface area contributed by atoms with Gasteiger partial charge in [0.15, 0.2) is 11.5 Å². The maximum absolute atomic E-state index is 10.4. The zero-order valence-corrected chi connectivity index (χ0v) is 13.2. The molecule has 2 aromatic rings. The zero-order valence-electron chi connectivity index (χ0n) is 11.6. The van der Waals surface area contributed by atoms with Crippen molar-refractivity contribution in [2.45, 2.75) is 18.9 Å². The number of aliphatic hydroxyl groups is 1. The van der Waals surface area contributed by atoms with Gasteiger partial charge in [0.2, 0.25) is 0 Å². The molecule has 21 heavy (non-hydrogen) atoms. The van der Waals surface area contributed by atoms with Crippen LogP contribution in [-0.4, -0.2) is 18.3 Å². The van der Waals surface area contributed by atoms with Gasteiger partial charge in [0.25, 0.3) is 0 Å². The van der Waals surface area contributed by atoms with Gasteiger partial charge in [-0.15, -0.1) is 0 Å². The van der Waals surface area contributed by atoms with Crippen LogP contribution in [0, 0.1) is 0 Å². The van der Waals surface area contributed by atoms with Crippen LogP contribution in [0.1, 0.15) is 23.7 Å². The second-order valence-electron chi connectivity index (χ2n) is 5.11. The molecule has 4 heteroatoms. The van der Waals surface area contributed by atoms with Crippen molar-refractivity contribution in [3.05, 3.63) is 58.1 Å². The van der Waals surface area contributed by atoms with Gasteiger partial charge in [-0.05, 0) is 35.4 Å². The zero-order chi connectivity index (χ0) is 14.7. The molecule has 1 aliphatic rings. The summed E-state index contributed by atoms with van der Waals surface area (Å²) in [6, 6.07) is 13.6. The minimum atomic E-state index is -0.559. The predicted molar refractivity (Wildman–Crippen MR) is 84.9 cm³/mol. The van der Waals surface area contributed by atoms with E-state index in [4.69, 9.17) is 9.47 Å². The molecular weight excluding hydrogens is 332 g/mol. The lowest BCUT2D eigenvalue weighted by atomic mass is 10.0. The molecule has 0 bridgehead atoms. The van der Waals surface area contributed by atoms with Crippen LogP contribution in [0.15, 0.2) is 46.9 Å². The van der Waals surface area contributed by atoms with Gasteiger partial charge in [-0.25, -0.2) is 0 Å². The van der Waals surface area contributed by atoms with Crippen LogP contribution in [-0.2, 0) is 6.42 Å². The van der Waals surface area contributed by atoms with Gasteiger partial charge in [-0.1, -0.05) is 34.1 Å². The van der Waals surface area contributed by atoms with Crippen molar-refractivity contribution in [1.82, 2.24) is 0 Å². The Bertz CT molecular complexity index is 627. The SMILES string of the molecule is OC(Cc1cccc(Br)c1)c1ccc2c(c1)OCCCO2. The van der Waals surface area contributed by atoms with Crippen LogP contribution < -0.4 is 9.47 Å². The molecule has 0 aromatic heterocycles. The third-order valence-corrected chi connectivity index (χ3v) is 3.97. The summed E-state index contributed by atoms with van der Waals surface area (Å²) in [6.07, 6.45) is 0.889. The fourth-order valence-corrected chi connectivity index (χ4v) is 2.84. The molecule has 0 fully saturated rings. The van der Waals surface area contributed by atoms with Crippen molar-refractivity contribution in [1.29, 1.82) is 0 Å². The highest BCUT2D eigenvalue weighted by atomic mass is 79.9. The lowest BCUT2D eigenvalue weighted by molar-refractivity contribution is 0.178. The van der Waals surface area contributed by atoms with E-state index in [-0.39, 0.29) is 0 Å². The highest BCUT2D eigenvalue weighted by Crippen LogP contribution is 2.33. The fourth-order valence-electron chi connectivity index (χ4n) is 2.39. The highest BCUT2D eigenvalue weighted by molar-refractivity contribution is 9.10. The van der Waals surface area contributed by atoms with Crippen LogP contribution in [0.2, 0.25) is 0 Å². The lowest BCUT2D eigenvalue weighted by Crippen LogP contribution is -2.03. The number of ether oxygens (including phenoxy) is 2. The third-order valence-electron chi connectivity index (χ3n) is 3.47. The van der Waals surface area contributed by atoms with E-state index < -0.39 is 6.10 Å². The van der Waals surface area contributed by atoms with Crippen molar-refractivity contribution in [3.63, 3.8) is 0 Å². The van der Waals surface area contributed by atoms with Crippen molar-refractivity contribution in [2.24, 2.45) is 0 Å². The summed E-state index contributed by atoms with van der Waals surface area (Å²) >= 11 is 3.45. The minimum absolute atomic E-state index is 0.559. The van der Waals surface area contributed by atoms with Crippen LogP contribution in [0.3, 0.4) is 0 Å². The Kier molecular flexibility index (Phi) is 4.46. The summed E-state index contributed by atoms with van der Waals surface area (Å²) in [5, 5.41) is 10.4. The summed E-state index contributed by atoms with van der Waals surface area (Å²) < 4.78 is 12.3. The first-order valence-corrected chi connectivity index (χ1v) is 7.84. The number of benzene rings is 2. The molecule has 2 aromatic carbocycles. The van der Waals surface area contributed by atoms with E-state index in [1.54, 1.807) is 0 Å². The Morgan fingerprint density at radius 1 is 1.05 bits per heavy atom. The minimum Gasteiger partial charge on any atom is -0.490 e. The second kappa shape index (κ2) is 6.50. The van der Waals surface area contributed by atoms with Gasteiger partial charge >= 0.3 is 0 Å². The summed E-state index contributed by atoms with van der Waals surface area (Å²) in [5.74, 6) is 1.48. The molecule has 3 rings (SSSR count). The number of aliphatic hydroxyl groups excluding tert-OH is 1. The normalized spacial score (nSPS) is 15.3. The van der Waals surface area contributed by atoms with E-state index in [2.05, 4.69) is 15.9 Å². The van der Waals surface area contributed by atoms with E-state index >= 15 is 0 Å². The molecule has 3 nitrogen and oxygen atoms in total. The summed E-state index contributed by atoms with van der Waals surface area (Å²) in [7, 11) is 0. The second-order valence-corrected chi connectivity index (χ2v) is 6.02. The van der Waals surface area contributed by atoms with Crippen molar-refractivity contribution in [2.75, 3.05) is 13.2 Å². The molecule has 1 atom stereocenters. The Labute approximate surface area is 132 Å². The molecule has 0 radical (unpaired) electrons. The molecule has 0 saturated heterocycles. The number of rotatable bonds is 3. The van der Waals surface area contributed by atoms with Gasteiger partial charge in [-0.3, -0.25) is 0 Å². The maximum atomic E-state index is 10.4. The van der Waals surface area contributed by atoms with Gasteiger partial charge in [0.05, 0.1) is 19.3 Å². The lowest BCUT2D eigenvalue weighted by Gasteiger charge is -2.14. The Balaban J connectivity index is 1.78. The summed E-state index contributed by atoms with van der Waals surface area (Å²) in [5.41, 5.74) is 1.93. The molecule has 0 spiro atoms.